The largest absolute Gasteiger partial charge is 0.313 e. The van der Waals surface area contributed by atoms with Crippen LogP contribution in [-0.4, -0.2) is 16.3 Å². The van der Waals surface area contributed by atoms with E-state index in [-0.39, 0.29) is 0 Å². The summed E-state index contributed by atoms with van der Waals surface area (Å²) in [6, 6.07) is 8.80. The molecule has 0 saturated heterocycles. The summed E-state index contributed by atoms with van der Waals surface area (Å²) in [5, 5.41) is 7.98. The Balaban J connectivity index is 1.71. The van der Waals surface area contributed by atoms with Crippen molar-refractivity contribution in [2.75, 3.05) is 6.54 Å². The fourth-order valence-electron chi connectivity index (χ4n) is 2.40. The maximum atomic E-state index is 4.48. The highest BCUT2D eigenvalue weighted by Crippen LogP contribution is 2.09. The molecule has 0 aliphatic carbocycles. The SMILES string of the molecule is Cc1cc(C)n(CCCNCc2ccc(C)c(C)c2)n1. The van der Waals surface area contributed by atoms with Gasteiger partial charge in [0.05, 0.1) is 5.69 Å². The van der Waals surface area contributed by atoms with Crippen molar-refractivity contribution in [1.29, 1.82) is 0 Å². The minimum atomic E-state index is 0.943. The number of nitrogens with one attached hydrogen (secondary N) is 1. The minimum Gasteiger partial charge on any atom is -0.313 e. The standard InChI is InChI=1S/C17H25N3/c1-13-6-7-17(10-14(13)2)12-18-8-5-9-20-16(4)11-15(3)19-20/h6-7,10-11,18H,5,8-9,12H2,1-4H3. The molecule has 0 aliphatic rings. The number of hydrogen-bond donors (Lipinski definition) is 1. The molecule has 0 radical (unpaired) electrons. The first-order valence-corrected chi connectivity index (χ1v) is 7.34. The van der Waals surface area contributed by atoms with Crippen LogP contribution in [0.1, 0.15) is 34.5 Å². The molecule has 3 heteroatoms. The molecule has 1 N–H and O–H groups in total. The van der Waals surface area contributed by atoms with E-state index in [1.165, 1.54) is 22.4 Å². The van der Waals surface area contributed by atoms with E-state index in [0.717, 1.165) is 31.7 Å². The van der Waals surface area contributed by atoms with Gasteiger partial charge in [-0.2, -0.15) is 5.10 Å². The van der Waals surface area contributed by atoms with E-state index in [0.29, 0.717) is 0 Å². The first kappa shape index (κ1) is 14.8. The average Bonchev–Trinajstić information content (AvgIpc) is 2.72. The molecule has 0 saturated carbocycles. The van der Waals surface area contributed by atoms with Crippen LogP contribution in [0.3, 0.4) is 0 Å². The summed E-state index contributed by atoms with van der Waals surface area (Å²) in [6.45, 7) is 11.4. The van der Waals surface area contributed by atoms with E-state index in [2.05, 4.69) is 60.1 Å². The molecule has 1 aromatic carbocycles. The zero-order chi connectivity index (χ0) is 14.5. The van der Waals surface area contributed by atoms with Crippen molar-refractivity contribution in [3.05, 3.63) is 52.3 Å². The Labute approximate surface area is 122 Å². The molecule has 0 amide bonds. The van der Waals surface area contributed by atoms with Crippen molar-refractivity contribution < 1.29 is 0 Å². The Hall–Kier alpha value is -1.61. The Morgan fingerprint density at radius 3 is 2.50 bits per heavy atom. The maximum Gasteiger partial charge on any atom is 0.0596 e. The summed E-state index contributed by atoms with van der Waals surface area (Å²) in [6.07, 6.45) is 1.10. The Morgan fingerprint density at radius 1 is 1.05 bits per heavy atom. The van der Waals surface area contributed by atoms with Gasteiger partial charge in [0.2, 0.25) is 0 Å². The van der Waals surface area contributed by atoms with Crippen LogP contribution in [-0.2, 0) is 13.1 Å². The molecule has 0 atom stereocenters. The van der Waals surface area contributed by atoms with E-state index in [4.69, 9.17) is 0 Å². The molecule has 0 fully saturated rings. The highest BCUT2D eigenvalue weighted by Gasteiger charge is 2.00. The van der Waals surface area contributed by atoms with Crippen molar-refractivity contribution in [2.24, 2.45) is 0 Å². The van der Waals surface area contributed by atoms with Crippen molar-refractivity contribution >= 4 is 0 Å². The molecule has 0 unspecified atom stereocenters. The minimum absolute atomic E-state index is 0.943. The lowest BCUT2D eigenvalue weighted by Gasteiger charge is -2.08. The lowest BCUT2D eigenvalue weighted by molar-refractivity contribution is 0.532. The second-order valence-corrected chi connectivity index (χ2v) is 5.60. The molecular formula is C17H25N3. The number of hydrogen-bond acceptors (Lipinski definition) is 2. The lowest BCUT2D eigenvalue weighted by atomic mass is 10.1. The molecule has 2 aromatic rings. The smallest absolute Gasteiger partial charge is 0.0596 e. The Bertz CT molecular complexity index is 570. The summed E-state index contributed by atoms with van der Waals surface area (Å²) in [4.78, 5) is 0. The van der Waals surface area contributed by atoms with Crippen LogP contribution in [0, 0.1) is 27.7 Å². The second kappa shape index (κ2) is 6.71. The van der Waals surface area contributed by atoms with Gasteiger partial charge in [-0.3, -0.25) is 4.68 Å². The Morgan fingerprint density at radius 2 is 1.85 bits per heavy atom. The van der Waals surface area contributed by atoms with Gasteiger partial charge in [-0.25, -0.2) is 0 Å². The van der Waals surface area contributed by atoms with Gasteiger partial charge >= 0.3 is 0 Å². The van der Waals surface area contributed by atoms with Crippen molar-refractivity contribution in [2.45, 2.75) is 47.2 Å². The number of aromatic nitrogens is 2. The molecule has 20 heavy (non-hydrogen) atoms. The molecule has 0 spiro atoms. The lowest BCUT2D eigenvalue weighted by Crippen LogP contribution is -2.17. The number of aryl methyl sites for hydroxylation is 5. The van der Waals surface area contributed by atoms with Gasteiger partial charge in [-0.05, 0) is 63.4 Å². The van der Waals surface area contributed by atoms with Crippen LogP contribution >= 0.6 is 0 Å². The predicted molar refractivity (Wildman–Crippen MR) is 83.9 cm³/mol. The summed E-state index contributed by atoms with van der Waals surface area (Å²) in [5.41, 5.74) is 6.44. The van der Waals surface area contributed by atoms with Crippen LogP contribution in [0.4, 0.5) is 0 Å². The normalized spacial score (nSPS) is 11.0. The number of rotatable bonds is 6. The van der Waals surface area contributed by atoms with Crippen molar-refractivity contribution in [3.8, 4) is 0 Å². The molecule has 1 heterocycles. The third-order valence-electron chi connectivity index (χ3n) is 3.73. The molecule has 1 aromatic heterocycles. The first-order chi connectivity index (χ1) is 9.56. The topological polar surface area (TPSA) is 29.9 Å². The molecular weight excluding hydrogens is 246 g/mol. The molecule has 0 bridgehead atoms. The van der Waals surface area contributed by atoms with E-state index >= 15 is 0 Å². The van der Waals surface area contributed by atoms with Crippen LogP contribution in [0.2, 0.25) is 0 Å². The van der Waals surface area contributed by atoms with E-state index in [1.54, 1.807) is 0 Å². The molecule has 108 valence electrons. The second-order valence-electron chi connectivity index (χ2n) is 5.60. The highest BCUT2D eigenvalue weighted by atomic mass is 15.3. The van der Waals surface area contributed by atoms with Gasteiger partial charge in [0.15, 0.2) is 0 Å². The van der Waals surface area contributed by atoms with Crippen LogP contribution in [0.25, 0.3) is 0 Å². The van der Waals surface area contributed by atoms with Gasteiger partial charge in [0.25, 0.3) is 0 Å². The maximum absolute atomic E-state index is 4.48. The van der Waals surface area contributed by atoms with Crippen molar-refractivity contribution in [3.63, 3.8) is 0 Å². The zero-order valence-corrected chi connectivity index (χ0v) is 13.0. The average molecular weight is 271 g/mol. The van der Waals surface area contributed by atoms with E-state index in [1.807, 2.05) is 6.92 Å². The van der Waals surface area contributed by atoms with Gasteiger partial charge in [0, 0.05) is 18.8 Å². The molecule has 2 rings (SSSR count). The van der Waals surface area contributed by atoms with Crippen molar-refractivity contribution in [1.82, 2.24) is 15.1 Å². The third kappa shape index (κ3) is 3.94. The van der Waals surface area contributed by atoms with E-state index < -0.39 is 0 Å². The van der Waals surface area contributed by atoms with Crippen LogP contribution in [0.15, 0.2) is 24.3 Å². The van der Waals surface area contributed by atoms with Gasteiger partial charge in [-0.1, -0.05) is 18.2 Å². The highest BCUT2D eigenvalue weighted by molar-refractivity contribution is 5.29. The van der Waals surface area contributed by atoms with Crippen LogP contribution in [0.5, 0.6) is 0 Å². The monoisotopic (exact) mass is 271 g/mol. The summed E-state index contributed by atoms with van der Waals surface area (Å²) in [7, 11) is 0. The van der Waals surface area contributed by atoms with Gasteiger partial charge < -0.3 is 5.32 Å². The Kier molecular flexibility index (Phi) is 4.96. The molecule has 3 nitrogen and oxygen atoms in total. The summed E-state index contributed by atoms with van der Waals surface area (Å²) >= 11 is 0. The van der Waals surface area contributed by atoms with E-state index in [9.17, 15) is 0 Å². The quantitative estimate of drug-likeness (QED) is 0.817. The fraction of sp³-hybridized carbons (Fsp3) is 0.471. The number of benzene rings is 1. The third-order valence-corrected chi connectivity index (χ3v) is 3.73. The number of nitrogens with zero attached hydrogens (tertiary/aromatic N) is 2. The van der Waals surface area contributed by atoms with Crippen LogP contribution < -0.4 is 5.32 Å². The van der Waals surface area contributed by atoms with Gasteiger partial charge in [0.1, 0.15) is 0 Å². The summed E-state index contributed by atoms with van der Waals surface area (Å²) < 4.78 is 2.09. The first-order valence-electron chi connectivity index (χ1n) is 7.34. The zero-order valence-electron chi connectivity index (χ0n) is 13.0. The predicted octanol–water partition coefficient (Wildman–Crippen LogP) is 3.30. The van der Waals surface area contributed by atoms with Gasteiger partial charge in [-0.15, -0.1) is 0 Å². The molecule has 0 aliphatic heterocycles. The summed E-state index contributed by atoms with van der Waals surface area (Å²) in [5.74, 6) is 0. The fourth-order valence-corrected chi connectivity index (χ4v) is 2.40.